The Kier molecular flexibility index (Phi) is 4.07. The van der Waals surface area contributed by atoms with Gasteiger partial charge in [-0.3, -0.25) is 9.48 Å². The Hall–Kier alpha value is -0.880. The zero-order valence-electron chi connectivity index (χ0n) is 10.8. The topological polar surface area (TPSA) is 56.2 Å². The van der Waals surface area contributed by atoms with E-state index in [1.165, 1.54) is 6.92 Å². The van der Waals surface area contributed by atoms with Gasteiger partial charge in [-0.2, -0.15) is 5.10 Å². The lowest BCUT2D eigenvalue weighted by Crippen LogP contribution is -2.31. The molecule has 1 aliphatic heterocycles. The Labute approximate surface area is 115 Å². The lowest BCUT2D eigenvalue weighted by molar-refractivity contribution is -0.114. The Balaban J connectivity index is 2.15. The second-order valence-electron chi connectivity index (χ2n) is 4.87. The van der Waals surface area contributed by atoms with Gasteiger partial charge in [0.05, 0.1) is 22.7 Å². The minimum Gasteiger partial charge on any atom is -0.375 e. The summed E-state index contributed by atoms with van der Waals surface area (Å²) in [6.07, 6.45) is 4.29. The summed E-state index contributed by atoms with van der Waals surface area (Å²) in [5.41, 5.74) is 0. The van der Waals surface area contributed by atoms with Gasteiger partial charge in [-0.1, -0.05) is 0 Å². The molecular weight excluding hydrogens is 298 g/mol. The number of nitrogens with one attached hydrogen (secondary N) is 1. The molecule has 5 nitrogen and oxygen atoms in total. The van der Waals surface area contributed by atoms with E-state index in [0.717, 1.165) is 17.3 Å². The highest BCUT2D eigenvalue weighted by molar-refractivity contribution is 9.10. The second-order valence-corrected chi connectivity index (χ2v) is 5.72. The van der Waals surface area contributed by atoms with E-state index in [4.69, 9.17) is 4.74 Å². The highest BCUT2D eigenvalue weighted by atomic mass is 79.9. The van der Waals surface area contributed by atoms with Crippen LogP contribution in [-0.4, -0.2) is 27.9 Å². The molecule has 1 saturated heterocycles. The summed E-state index contributed by atoms with van der Waals surface area (Å²) in [7, 11) is 0. The van der Waals surface area contributed by atoms with Crippen LogP contribution in [0.5, 0.6) is 0 Å². The van der Waals surface area contributed by atoms with Crippen molar-refractivity contribution in [1.29, 1.82) is 0 Å². The maximum atomic E-state index is 11.1. The number of anilines is 1. The van der Waals surface area contributed by atoms with E-state index in [2.05, 4.69) is 40.2 Å². The molecule has 1 aromatic rings. The monoisotopic (exact) mass is 315 g/mol. The number of aromatic nitrogens is 2. The lowest BCUT2D eigenvalue weighted by Gasteiger charge is -2.32. The normalized spacial score (nSPS) is 28.1. The van der Waals surface area contributed by atoms with E-state index in [9.17, 15) is 4.79 Å². The average molecular weight is 316 g/mol. The van der Waals surface area contributed by atoms with Gasteiger partial charge in [-0.05, 0) is 42.6 Å². The molecule has 0 aliphatic carbocycles. The number of amides is 1. The van der Waals surface area contributed by atoms with Gasteiger partial charge in [-0.15, -0.1) is 0 Å². The number of halogens is 1. The highest BCUT2D eigenvalue weighted by Gasteiger charge is 2.26. The third-order valence-corrected chi connectivity index (χ3v) is 3.61. The zero-order valence-corrected chi connectivity index (χ0v) is 12.4. The first kappa shape index (κ1) is 13.5. The Morgan fingerprint density at radius 2 is 2.11 bits per heavy atom. The van der Waals surface area contributed by atoms with E-state index in [-0.39, 0.29) is 18.1 Å². The summed E-state index contributed by atoms with van der Waals surface area (Å²) in [4.78, 5) is 11.1. The molecule has 1 amide bonds. The van der Waals surface area contributed by atoms with Crippen LogP contribution in [0.2, 0.25) is 0 Å². The molecule has 0 radical (unpaired) electrons. The minimum absolute atomic E-state index is 0.116. The second kappa shape index (κ2) is 5.40. The highest BCUT2D eigenvalue weighted by Crippen LogP contribution is 2.31. The first-order valence-electron chi connectivity index (χ1n) is 6.13. The maximum absolute atomic E-state index is 11.1. The van der Waals surface area contributed by atoms with Crippen molar-refractivity contribution in [3.8, 4) is 0 Å². The van der Waals surface area contributed by atoms with Gasteiger partial charge < -0.3 is 10.1 Å². The van der Waals surface area contributed by atoms with Crippen molar-refractivity contribution in [3.63, 3.8) is 0 Å². The fourth-order valence-corrected chi connectivity index (χ4v) is 2.78. The molecule has 0 saturated carbocycles. The molecule has 2 heterocycles. The number of carbonyl (C=O) groups excluding carboxylic acids is 1. The van der Waals surface area contributed by atoms with Crippen LogP contribution in [0.3, 0.4) is 0 Å². The van der Waals surface area contributed by atoms with Gasteiger partial charge >= 0.3 is 0 Å². The molecule has 1 fully saturated rings. The van der Waals surface area contributed by atoms with Crippen molar-refractivity contribution in [3.05, 3.63) is 10.7 Å². The molecule has 18 heavy (non-hydrogen) atoms. The van der Waals surface area contributed by atoms with Crippen molar-refractivity contribution >= 4 is 27.7 Å². The molecular formula is C12H18BrN3O2. The number of rotatable bonds is 2. The maximum Gasteiger partial charge on any atom is 0.222 e. The van der Waals surface area contributed by atoms with Crippen molar-refractivity contribution in [2.24, 2.45) is 0 Å². The largest absolute Gasteiger partial charge is 0.375 e. The fraction of sp³-hybridized carbons (Fsp3) is 0.667. The average Bonchev–Trinajstić information content (AvgIpc) is 2.58. The van der Waals surface area contributed by atoms with E-state index in [1.54, 1.807) is 0 Å². The molecule has 0 spiro atoms. The van der Waals surface area contributed by atoms with Crippen molar-refractivity contribution in [1.82, 2.24) is 9.78 Å². The van der Waals surface area contributed by atoms with Crippen LogP contribution in [0.1, 0.15) is 39.7 Å². The third-order valence-electron chi connectivity index (χ3n) is 3.03. The molecule has 0 aromatic carbocycles. The predicted molar refractivity (Wildman–Crippen MR) is 72.5 cm³/mol. The van der Waals surface area contributed by atoms with Crippen LogP contribution in [0, 0.1) is 0 Å². The van der Waals surface area contributed by atoms with Crippen molar-refractivity contribution < 1.29 is 9.53 Å². The SMILES string of the molecule is CC(=O)Nc1nn(C2CC(C)OC(C)C2)cc1Br. The first-order chi connectivity index (χ1) is 8.45. The van der Waals surface area contributed by atoms with E-state index >= 15 is 0 Å². The number of hydrogen-bond acceptors (Lipinski definition) is 3. The zero-order chi connectivity index (χ0) is 13.3. The number of hydrogen-bond donors (Lipinski definition) is 1. The number of nitrogens with zero attached hydrogens (tertiary/aromatic N) is 2. The summed E-state index contributed by atoms with van der Waals surface area (Å²) in [6.45, 7) is 5.63. The third kappa shape index (κ3) is 3.11. The van der Waals surface area contributed by atoms with E-state index < -0.39 is 0 Å². The van der Waals surface area contributed by atoms with Crippen LogP contribution in [0.15, 0.2) is 10.7 Å². The quantitative estimate of drug-likeness (QED) is 0.913. The Bertz CT molecular complexity index is 437. The smallest absolute Gasteiger partial charge is 0.222 e. The Morgan fingerprint density at radius 1 is 1.50 bits per heavy atom. The first-order valence-corrected chi connectivity index (χ1v) is 6.92. The number of carbonyl (C=O) groups is 1. The molecule has 1 aliphatic rings. The molecule has 1 N–H and O–H groups in total. The van der Waals surface area contributed by atoms with Crippen LogP contribution < -0.4 is 5.32 Å². The van der Waals surface area contributed by atoms with Gasteiger partial charge in [-0.25, -0.2) is 0 Å². The lowest BCUT2D eigenvalue weighted by atomic mass is 10.0. The molecule has 100 valence electrons. The summed E-state index contributed by atoms with van der Waals surface area (Å²) in [5.74, 6) is 0.462. The summed E-state index contributed by atoms with van der Waals surface area (Å²) in [5, 5.41) is 7.13. The van der Waals surface area contributed by atoms with Gasteiger partial charge in [0.15, 0.2) is 5.82 Å². The van der Waals surface area contributed by atoms with Crippen LogP contribution in [0.4, 0.5) is 5.82 Å². The Morgan fingerprint density at radius 3 is 2.67 bits per heavy atom. The molecule has 2 rings (SSSR count). The summed E-state index contributed by atoms with van der Waals surface area (Å²) < 4.78 is 8.45. The molecule has 2 unspecified atom stereocenters. The van der Waals surface area contributed by atoms with Crippen LogP contribution >= 0.6 is 15.9 Å². The standard InChI is InChI=1S/C12H18BrN3O2/c1-7-4-10(5-8(2)18-7)16-6-11(13)12(15-16)14-9(3)17/h6-8,10H,4-5H2,1-3H3,(H,14,15,17). The predicted octanol–water partition coefficient (Wildman–Crippen LogP) is 2.73. The van der Waals surface area contributed by atoms with Crippen molar-refractivity contribution in [2.45, 2.75) is 51.9 Å². The fourth-order valence-electron chi connectivity index (χ4n) is 2.39. The molecule has 1 aromatic heterocycles. The van der Waals surface area contributed by atoms with Gasteiger partial charge in [0, 0.05) is 13.1 Å². The summed E-state index contributed by atoms with van der Waals surface area (Å²) in [6, 6.07) is 0.322. The molecule has 2 atom stereocenters. The van der Waals surface area contributed by atoms with Crippen molar-refractivity contribution in [2.75, 3.05) is 5.32 Å². The molecule has 0 bridgehead atoms. The minimum atomic E-state index is -0.116. The summed E-state index contributed by atoms with van der Waals surface area (Å²) >= 11 is 3.41. The number of ether oxygens (including phenoxy) is 1. The van der Waals surface area contributed by atoms with Gasteiger partial charge in [0.1, 0.15) is 0 Å². The molecule has 6 heteroatoms. The van der Waals surface area contributed by atoms with E-state index in [1.807, 2.05) is 10.9 Å². The van der Waals surface area contributed by atoms with Crippen LogP contribution in [0.25, 0.3) is 0 Å². The van der Waals surface area contributed by atoms with Crippen LogP contribution in [-0.2, 0) is 9.53 Å². The van der Waals surface area contributed by atoms with Gasteiger partial charge in [0.25, 0.3) is 0 Å². The van der Waals surface area contributed by atoms with Gasteiger partial charge in [0.2, 0.25) is 5.91 Å². The van der Waals surface area contributed by atoms with E-state index in [0.29, 0.717) is 11.9 Å².